The van der Waals surface area contributed by atoms with Crippen LogP contribution < -0.4 is 10.6 Å². The van der Waals surface area contributed by atoms with Gasteiger partial charge in [-0.3, -0.25) is 19.2 Å². The largest absolute Gasteiger partial charge is 0.469 e. The molecule has 170 valence electrons. The Hall–Kier alpha value is -2.98. The van der Waals surface area contributed by atoms with Crippen LogP contribution in [0.25, 0.3) is 0 Å². The van der Waals surface area contributed by atoms with Crippen LogP contribution in [-0.2, 0) is 19.1 Å². The Kier molecular flexibility index (Phi) is 10.6. The maximum atomic E-state index is 12.5. The summed E-state index contributed by atoms with van der Waals surface area (Å²) in [6, 6.07) is 14.2. The molecule has 0 aromatic heterocycles. The summed E-state index contributed by atoms with van der Waals surface area (Å²) in [5.74, 6) is -1.40. The van der Waals surface area contributed by atoms with Crippen molar-refractivity contribution >= 4 is 45.3 Å². The van der Waals surface area contributed by atoms with Gasteiger partial charge in [0, 0.05) is 22.9 Å². The molecule has 0 atom stereocenters. The minimum Gasteiger partial charge on any atom is -0.469 e. The van der Waals surface area contributed by atoms with Gasteiger partial charge in [0.25, 0.3) is 11.8 Å². The van der Waals surface area contributed by atoms with Crippen LogP contribution in [0.2, 0.25) is 0 Å². The highest BCUT2D eigenvalue weighted by molar-refractivity contribution is 8.76. The second-order valence-electron chi connectivity index (χ2n) is 6.32. The summed E-state index contributed by atoms with van der Waals surface area (Å²) in [6.45, 7) is 0.346. The van der Waals surface area contributed by atoms with Crippen molar-refractivity contribution < 1.29 is 28.7 Å². The SMILES string of the molecule is COC(=O)CCNC(=O)c1ccccc1SSc1ccccc1C(=O)NCCC(=O)OC. The summed E-state index contributed by atoms with van der Waals surface area (Å²) in [5.41, 5.74) is 0.935. The molecule has 0 heterocycles. The van der Waals surface area contributed by atoms with Crippen LogP contribution in [-0.4, -0.2) is 51.1 Å². The highest BCUT2D eigenvalue weighted by Gasteiger charge is 2.15. The van der Waals surface area contributed by atoms with E-state index < -0.39 is 11.9 Å². The first kappa shape index (κ1) is 25.3. The fourth-order valence-corrected chi connectivity index (χ4v) is 4.85. The summed E-state index contributed by atoms with van der Waals surface area (Å²) in [4.78, 5) is 48.9. The Morgan fingerprint density at radius 2 is 1.06 bits per heavy atom. The molecule has 0 spiro atoms. The Balaban J connectivity index is 2.02. The van der Waals surface area contributed by atoms with E-state index >= 15 is 0 Å². The molecule has 10 heteroatoms. The maximum Gasteiger partial charge on any atom is 0.307 e. The molecule has 0 saturated heterocycles. The van der Waals surface area contributed by atoms with Crippen LogP contribution in [0.4, 0.5) is 0 Å². The zero-order valence-electron chi connectivity index (χ0n) is 17.7. The van der Waals surface area contributed by atoms with Gasteiger partial charge in [-0.25, -0.2) is 0 Å². The monoisotopic (exact) mass is 476 g/mol. The standard InChI is InChI=1S/C22H24N2O6S2/c1-29-19(25)11-13-23-21(27)15-7-3-5-9-17(15)31-32-18-10-6-4-8-16(18)22(28)24-14-12-20(26)30-2/h3-10H,11-14H2,1-2H3,(H,23,27)(H,24,28). The number of rotatable bonds is 11. The minimum atomic E-state index is -0.398. The average Bonchev–Trinajstić information content (AvgIpc) is 2.82. The van der Waals surface area contributed by atoms with E-state index in [1.54, 1.807) is 24.3 Å². The number of ether oxygens (including phenoxy) is 2. The highest BCUT2D eigenvalue weighted by Crippen LogP contribution is 2.40. The molecular weight excluding hydrogens is 452 g/mol. The second-order valence-corrected chi connectivity index (χ2v) is 8.54. The van der Waals surface area contributed by atoms with Crippen LogP contribution in [0.1, 0.15) is 33.6 Å². The first-order valence-electron chi connectivity index (χ1n) is 9.69. The van der Waals surface area contributed by atoms with Gasteiger partial charge < -0.3 is 20.1 Å². The van der Waals surface area contributed by atoms with Gasteiger partial charge in [-0.2, -0.15) is 0 Å². The van der Waals surface area contributed by atoms with Gasteiger partial charge in [-0.15, -0.1) is 0 Å². The first-order valence-corrected chi connectivity index (χ1v) is 11.8. The van der Waals surface area contributed by atoms with E-state index in [2.05, 4.69) is 20.1 Å². The van der Waals surface area contributed by atoms with Gasteiger partial charge in [0.15, 0.2) is 0 Å². The Labute approximate surface area is 194 Å². The lowest BCUT2D eigenvalue weighted by Crippen LogP contribution is -2.26. The topological polar surface area (TPSA) is 111 Å². The van der Waals surface area contributed by atoms with Crippen molar-refractivity contribution in [3.63, 3.8) is 0 Å². The number of hydrogen-bond acceptors (Lipinski definition) is 8. The van der Waals surface area contributed by atoms with Gasteiger partial charge >= 0.3 is 11.9 Å². The third-order valence-electron chi connectivity index (χ3n) is 4.17. The number of amides is 2. The van der Waals surface area contributed by atoms with E-state index in [1.807, 2.05) is 24.3 Å². The van der Waals surface area contributed by atoms with E-state index in [9.17, 15) is 19.2 Å². The molecule has 0 aliphatic carbocycles. The lowest BCUT2D eigenvalue weighted by atomic mass is 10.2. The first-order chi connectivity index (χ1) is 15.5. The van der Waals surface area contributed by atoms with Gasteiger partial charge in [0.1, 0.15) is 0 Å². The molecule has 0 radical (unpaired) electrons. The fourth-order valence-electron chi connectivity index (χ4n) is 2.49. The molecule has 0 unspecified atom stereocenters. The van der Waals surface area contributed by atoms with Crippen LogP contribution >= 0.6 is 21.6 Å². The zero-order valence-corrected chi connectivity index (χ0v) is 19.3. The van der Waals surface area contributed by atoms with E-state index in [4.69, 9.17) is 0 Å². The van der Waals surface area contributed by atoms with Crippen molar-refractivity contribution in [2.24, 2.45) is 0 Å². The van der Waals surface area contributed by atoms with Gasteiger partial charge in [-0.1, -0.05) is 45.9 Å². The third kappa shape index (κ3) is 7.93. The second kappa shape index (κ2) is 13.4. The molecule has 2 aromatic rings. The highest BCUT2D eigenvalue weighted by atomic mass is 33.1. The smallest absolute Gasteiger partial charge is 0.307 e. The maximum absolute atomic E-state index is 12.5. The number of nitrogens with one attached hydrogen (secondary N) is 2. The van der Waals surface area contributed by atoms with Crippen LogP contribution in [0.3, 0.4) is 0 Å². The lowest BCUT2D eigenvalue weighted by molar-refractivity contribution is -0.141. The number of carbonyl (C=O) groups is 4. The number of esters is 2. The quantitative estimate of drug-likeness (QED) is 0.376. The lowest BCUT2D eigenvalue weighted by Gasteiger charge is -2.11. The normalized spacial score (nSPS) is 10.2. The summed E-state index contributed by atoms with van der Waals surface area (Å²) < 4.78 is 9.14. The Morgan fingerprint density at radius 3 is 1.44 bits per heavy atom. The third-order valence-corrected chi connectivity index (χ3v) is 6.65. The molecule has 0 bridgehead atoms. The van der Waals surface area contributed by atoms with E-state index in [1.165, 1.54) is 35.8 Å². The summed E-state index contributed by atoms with van der Waals surface area (Å²) in [6.07, 6.45) is 0.176. The molecule has 0 aliphatic rings. The summed E-state index contributed by atoms with van der Waals surface area (Å²) in [5, 5.41) is 5.41. The van der Waals surface area contributed by atoms with Crippen molar-refractivity contribution in [1.82, 2.24) is 10.6 Å². The molecule has 0 aliphatic heterocycles. The predicted molar refractivity (Wildman–Crippen MR) is 123 cm³/mol. The molecule has 0 saturated carbocycles. The molecule has 2 amide bonds. The van der Waals surface area contributed by atoms with Crippen LogP contribution in [0, 0.1) is 0 Å². The van der Waals surface area contributed by atoms with Crippen molar-refractivity contribution in [3.05, 3.63) is 59.7 Å². The number of benzene rings is 2. The number of hydrogen-bond donors (Lipinski definition) is 2. The van der Waals surface area contributed by atoms with E-state index in [0.717, 1.165) is 0 Å². The molecular formula is C22H24N2O6S2. The Morgan fingerprint density at radius 1 is 0.688 bits per heavy atom. The molecule has 8 nitrogen and oxygen atoms in total. The summed E-state index contributed by atoms with van der Waals surface area (Å²) in [7, 11) is 5.29. The molecule has 2 N–H and O–H groups in total. The van der Waals surface area contributed by atoms with Crippen molar-refractivity contribution in [3.8, 4) is 0 Å². The van der Waals surface area contributed by atoms with Gasteiger partial charge in [0.05, 0.1) is 38.2 Å². The van der Waals surface area contributed by atoms with Crippen LogP contribution in [0.15, 0.2) is 58.3 Å². The average molecular weight is 477 g/mol. The summed E-state index contributed by atoms with van der Waals surface area (Å²) >= 11 is 0. The molecule has 2 aromatic carbocycles. The van der Waals surface area contributed by atoms with E-state index in [-0.39, 0.29) is 37.7 Å². The fraction of sp³-hybridized carbons (Fsp3) is 0.273. The molecule has 2 rings (SSSR count). The molecule has 0 fully saturated rings. The van der Waals surface area contributed by atoms with Crippen molar-refractivity contribution in [1.29, 1.82) is 0 Å². The number of carbonyl (C=O) groups excluding carboxylic acids is 4. The van der Waals surface area contributed by atoms with Crippen LogP contribution in [0.5, 0.6) is 0 Å². The number of methoxy groups -OCH3 is 2. The van der Waals surface area contributed by atoms with E-state index in [0.29, 0.717) is 20.9 Å². The van der Waals surface area contributed by atoms with Gasteiger partial charge in [-0.05, 0) is 24.3 Å². The zero-order chi connectivity index (χ0) is 23.3. The van der Waals surface area contributed by atoms with Crippen molar-refractivity contribution in [2.75, 3.05) is 27.3 Å². The molecule has 32 heavy (non-hydrogen) atoms. The van der Waals surface area contributed by atoms with Gasteiger partial charge in [0.2, 0.25) is 0 Å². The minimum absolute atomic E-state index is 0.0881. The van der Waals surface area contributed by atoms with Crippen molar-refractivity contribution in [2.45, 2.75) is 22.6 Å². The predicted octanol–water partition coefficient (Wildman–Crippen LogP) is 3.07. The Bertz CT molecular complexity index is 889.